The molecule has 2 aliphatic rings. The molecular weight excluding hydrogens is 288 g/mol. The molecule has 0 aromatic heterocycles. The lowest BCUT2D eigenvalue weighted by molar-refractivity contribution is -0.131. The van der Waals surface area contributed by atoms with Crippen LogP contribution in [-0.2, 0) is 22.5 Å². The standard InChI is InChI=1S/C19H28N2O2/c1-18(2)11-16(19(3,4)23-18)20-12-17(22)21-10-9-14-7-5-6-8-15(14)13-21/h5-8,16,20H,9-13H2,1-4H3/t16-/m0/s1. The number of carbonyl (C=O) groups excluding carboxylic acids is 1. The lowest BCUT2D eigenvalue weighted by atomic mass is 9.94. The van der Waals surface area contributed by atoms with E-state index in [1.807, 2.05) is 11.0 Å². The highest BCUT2D eigenvalue weighted by Crippen LogP contribution is 2.37. The van der Waals surface area contributed by atoms with Crippen LogP contribution in [0.1, 0.15) is 45.2 Å². The van der Waals surface area contributed by atoms with Crippen LogP contribution in [0.2, 0.25) is 0 Å². The van der Waals surface area contributed by atoms with Crippen LogP contribution in [0.5, 0.6) is 0 Å². The van der Waals surface area contributed by atoms with Gasteiger partial charge in [0.2, 0.25) is 5.91 Å². The summed E-state index contributed by atoms with van der Waals surface area (Å²) in [7, 11) is 0. The van der Waals surface area contributed by atoms with Gasteiger partial charge in [-0.25, -0.2) is 0 Å². The van der Waals surface area contributed by atoms with Crippen LogP contribution < -0.4 is 5.32 Å². The number of fused-ring (bicyclic) bond motifs is 1. The average molecular weight is 316 g/mol. The number of carbonyl (C=O) groups is 1. The van der Waals surface area contributed by atoms with E-state index in [2.05, 4.69) is 51.2 Å². The summed E-state index contributed by atoms with van der Waals surface area (Å²) in [6, 6.07) is 8.61. The van der Waals surface area contributed by atoms with Gasteiger partial charge in [-0.2, -0.15) is 0 Å². The van der Waals surface area contributed by atoms with Crippen molar-refractivity contribution in [3.05, 3.63) is 35.4 Å². The lowest BCUT2D eigenvalue weighted by Gasteiger charge is -2.31. The van der Waals surface area contributed by atoms with Gasteiger partial charge in [0.25, 0.3) is 0 Å². The third-order valence-electron chi connectivity index (χ3n) is 5.06. The first-order chi connectivity index (χ1) is 10.8. The molecule has 1 aromatic carbocycles. The molecular formula is C19H28N2O2. The third-order valence-corrected chi connectivity index (χ3v) is 5.06. The van der Waals surface area contributed by atoms with Crippen molar-refractivity contribution >= 4 is 5.91 Å². The summed E-state index contributed by atoms with van der Waals surface area (Å²) in [6.45, 7) is 10.3. The quantitative estimate of drug-likeness (QED) is 0.931. The Morgan fingerprint density at radius 1 is 1.26 bits per heavy atom. The van der Waals surface area contributed by atoms with Crippen molar-refractivity contribution in [3.8, 4) is 0 Å². The van der Waals surface area contributed by atoms with Crippen molar-refractivity contribution in [1.82, 2.24) is 10.2 Å². The predicted molar refractivity (Wildman–Crippen MR) is 91.2 cm³/mol. The summed E-state index contributed by atoms with van der Waals surface area (Å²) in [5, 5.41) is 3.43. The Kier molecular flexibility index (Phi) is 4.23. The summed E-state index contributed by atoms with van der Waals surface area (Å²) < 4.78 is 6.09. The summed E-state index contributed by atoms with van der Waals surface area (Å²) in [5.74, 6) is 0.181. The van der Waals surface area contributed by atoms with Crippen LogP contribution in [-0.4, -0.2) is 41.1 Å². The highest BCUT2D eigenvalue weighted by molar-refractivity contribution is 5.78. The molecule has 1 aromatic rings. The molecule has 1 fully saturated rings. The first-order valence-corrected chi connectivity index (χ1v) is 8.55. The van der Waals surface area contributed by atoms with Crippen molar-refractivity contribution in [2.75, 3.05) is 13.1 Å². The largest absolute Gasteiger partial charge is 0.368 e. The molecule has 0 unspecified atom stereocenters. The second kappa shape index (κ2) is 5.91. The van der Waals surface area contributed by atoms with Crippen molar-refractivity contribution in [2.24, 2.45) is 0 Å². The second-order valence-corrected chi connectivity index (χ2v) is 7.94. The van der Waals surface area contributed by atoms with Gasteiger partial charge >= 0.3 is 0 Å². The summed E-state index contributed by atoms with van der Waals surface area (Å²) >= 11 is 0. The Hall–Kier alpha value is -1.39. The zero-order valence-electron chi connectivity index (χ0n) is 14.7. The van der Waals surface area contributed by atoms with Gasteiger partial charge in [0.1, 0.15) is 0 Å². The van der Waals surface area contributed by atoms with E-state index in [1.165, 1.54) is 11.1 Å². The number of hydrogen-bond donors (Lipinski definition) is 1. The van der Waals surface area contributed by atoms with Gasteiger partial charge in [-0.15, -0.1) is 0 Å². The zero-order valence-corrected chi connectivity index (χ0v) is 14.7. The number of hydrogen-bond acceptors (Lipinski definition) is 3. The monoisotopic (exact) mass is 316 g/mol. The Bertz CT molecular complexity index is 595. The molecule has 2 heterocycles. The van der Waals surface area contributed by atoms with Crippen molar-refractivity contribution in [2.45, 2.75) is 64.3 Å². The maximum Gasteiger partial charge on any atom is 0.236 e. The van der Waals surface area contributed by atoms with Crippen LogP contribution in [0.25, 0.3) is 0 Å². The van der Waals surface area contributed by atoms with Crippen molar-refractivity contribution in [1.29, 1.82) is 0 Å². The molecule has 0 saturated carbocycles. The molecule has 0 aliphatic carbocycles. The SMILES string of the molecule is CC1(C)C[C@H](NCC(=O)N2CCc3ccccc3C2)C(C)(C)O1. The molecule has 0 radical (unpaired) electrons. The Morgan fingerprint density at radius 2 is 1.96 bits per heavy atom. The molecule has 0 bridgehead atoms. The number of nitrogens with one attached hydrogen (secondary N) is 1. The fourth-order valence-electron chi connectivity index (χ4n) is 3.91. The van der Waals surface area contributed by atoms with E-state index in [0.29, 0.717) is 6.54 Å². The second-order valence-electron chi connectivity index (χ2n) is 7.94. The zero-order chi connectivity index (χ0) is 16.7. The van der Waals surface area contributed by atoms with Gasteiger partial charge < -0.3 is 15.0 Å². The highest BCUT2D eigenvalue weighted by Gasteiger charge is 2.45. The van der Waals surface area contributed by atoms with E-state index in [1.54, 1.807) is 0 Å². The highest BCUT2D eigenvalue weighted by atomic mass is 16.5. The van der Waals surface area contributed by atoms with E-state index in [0.717, 1.165) is 25.9 Å². The molecule has 2 aliphatic heterocycles. The van der Waals surface area contributed by atoms with Gasteiger partial charge in [0.05, 0.1) is 17.7 Å². The van der Waals surface area contributed by atoms with Crippen LogP contribution in [0, 0.1) is 0 Å². The van der Waals surface area contributed by atoms with Crippen LogP contribution >= 0.6 is 0 Å². The molecule has 4 nitrogen and oxygen atoms in total. The normalized spacial score (nSPS) is 25.2. The Morgan fingerprint density at radius 3 is 2.61 bits per heavy atom. The van der Waals surface area contributed by atoms with Gasteiger partial charge in [0.15, 0.2) is 0 Å². The van der Waals surface area contributed by atoms with Gasteiger partial charge in [-0.1, -0.05) is 24.3 Å². The molecule has 1 atom stereocenters. The molecule has 3 rings (SSSR count). The molecule has 23 heavy (non-hydrogen) atoms. The number of rotatable bonds is 3. The summed E-state index contributed by atoms with van der Waals surface area (Å²) in [4.78, 5) is 14.5. The Balaban J connectivity index is 1.57. The first kappa shape index (κ1) is 16.5. The topological polar surface area (TPSA) is 41.6 Å². The molecule has 0 spiro atoms. The molecule has 1 saturated heterocycles. The van der Waals surface area contributed by atoms with Gasteiger partial charge in [-0.3, -0.25) is 4.79 Å². The average Bonchev–Trinajstić information content (AvgIpc) is 2.71. The maximum atomic E-state index is 12.6. The van der Waals surface area contributed by atoms with E-state index in [-0.39, 0.29) is 23.2 Å². The third kappa shape index (κ3) is 3.59. The van der Waals surface area contributed by atoms with Gasteiger partial charge in [0, 0.05) is 19.1 Å². The minimum absolute atomic E-state index is 0.131. The van der Waals surface area contributed by atoms with Gasteiger partial charge in [-0.05, 0) is 51.7 Å². The minimum atomic E-state index is -0.238. The van der Waals surface area contributed by atoms with Crippen LogP contribution in [0.3, 0.4) is 0 Å². The fourth-order valence-corrected chi connectivity index (χ4v) is 3.91. The molecule has 1 N–H and O–H groups in total. The smallest absolute Gasteiger partial charge is 0.236 e. The Labute approximate surface area is 139 Å². The van der Waals surface area contributed by atoms with Crippen LogP contribution in [0.4, 0.5) is 0 Å². The predicted octanol–water partition coefficient (Wildman–Crippen LogP) is 2.51. The molecule has 4 heteroatoms. The van der Waals surface area contributed by atoms with E-state index >= 15 is 0 Å². The maximum absolute atomic E-state index is 12.6. The number of amides is 1. The molecule has 1 amide bonds. The van der Waals surface area contributed by atoms with E-state index < -0.39 is 0 Å². The number of benzene rings is 1. The number of nitrogens with zero attached hydrogens (tertiary/aromatic N) is 1. The van der Waals surface area contributed by atoms with Crippen LogP contribution in [0.15, 0.2) is 24.3 Å². The minimum Gasteiger partial charge on any atom is -0.368 e. The fraction of sp³-hybridized carbons (Fsp3) is 0.632. The summed E-state index contributed by atoms with van der Waals surface area (Å²) in [6.07, 6.45) is 1.88. The first-order valence-electron chi connectivity index (χ1n) is 8.55. The molecule has 126 valence electrons. The number of ether oxygens (including phenoxy) is 1. The van der Waals surface area contributed by atoms with E-state index in [4.69, 9.17) is 4.74 Å². The lowest BCUT2D eigenvalue weighted by Crippen LogP contribution is -2.48. The van der Waals surface area contributed by atoms with E-state index in [9.17, 15) is 4.79 Å². The van der Waals surface area contributed by atoms with Crippen molar-refractivity contribution in [3.63, 3.8) is 0 Å². The van der Waals surface area contributed by atoms with Crippen molar-refractivity contribution < 1.29 is 9.53 Å². The summed E-state index contributed by atoms with van der Waals surface area (Å²) in [5.41, 5.74) is 2.28.